The molecule has 2 amide bonds. The fourth-order valence-electron chi connectivity index (χ4n) is 2.80. The van der Waals surface area contributed by atoms with Gasteiger partial charge in [-0.15, -0.1) is 0 Å². The van der Waals surface area contributed by atoms with Crippen LogP contribution < -0.4 is 4.74 Å². The fraction of sp³-hybridized carbons (Fsp3) is 0.556. The third kappa shape index (κ3) is 3.33. The van der Waals surface area contributed by atoms with Crippen LogP contribution >= 0.6 is 0 Å². The highest BCUT2D eigenvalue weighted by atomic mass is 16.5. The van der Waals surface area contributed by atoms with Crippen molar-refractivity contribution < 1.29 is 14.3 Å². The number of methoxy groups -OCH3 is 1. The highest BCUT2D eigenvalue weighted by Gasteiger charge is 2.53. The van der Waals surface area contributed by atoms with E-state index in [4.69, 9.17) is 4.74 Å². The van der Waals surface area contributed by atoms with Gasteiger partial charge in [0, 0.05) is 20.6 Å². The second-order valence-corrected chi connectivity index (χ2v) is 6.37. The summed E-state index contributed by atoms with van der Waals surface area (Å²) in [4.78, 5) is 28.1. The summed E-state index contributed by atoms with van der Waals surface area (Å²) in [6, 6.07) is 5.95. The molecule has 2 rings (SSSR count). The van der Waals surface area contributed by atoms with Gasteiger partial charge in [-0.25, -0.2) is 0 Å². The Kier molecular flexibility index (Phi) is 4.97. The van der Waals surface area contributed by atoms with E-state index in [0.29, 0.717) is 6.54 Å². The fourth-order valence-corrected chi connectivity index (χ4v) is 2.80. The van der Waals surface area contributed by atoms with E-state index in [0.717, 1.165) is 29.7 Å². The Hall–Kier alpha value is -2.04. The molecule has 0 radical (unpaired) electrons. The molecular formula is C18H26N2O3. The van der Waals surface area contributed by atoms with Crippen molar-refractivity contribution in [2.75, 3.05) is 34.3 Å². The molecule has 5 nitrogen and oxygen atoms in total. The molecule has 126 valence electrons. The van der Waals surface area contributed by atoms with Crippen LogP contribution in [0.25, 0.3) is 0 Å². The molecule has 0 bridgehead atoms. The first kappa shape index (κ1) is 17.3. The maximum atomic E-state index is 13.0. The van der Waals surface area contributed by atoms with E-state index in [1.54, 1.807) is 26.1 Å². The van der Waals surface area contributed by atoms with Crippen LogP contribution in [0.5, 0.6) is 5.75 Å². The summed E-state index contributed by atoms with van der Waals surface area (Å²) < 4.78 is 5.39. The first-order chi connectivity index (χ1) is 10.9. The molecule has 1 aromatic rings. The molecule has 1 fully saturated rings. The molecule has 0 unspecified atom stereocenters. The first-order valence-corrected chi connectivity index (χ1v) is 8.00. The van der Waals surface area contributed by atoms with Crippen LogP contribution in [0.4, 0.5) is 0 Å². The van der Waals surface area contributed by atoms with Gasteiger partial charge in [0.2, 0.25) is 11.8 Å². The van der Waals surface area contributed by atoms with Gasteiger partial charge in [0.15, 0.2) is 0 Å². The quantitative estimate of drug-likeness (QED) is 0.806. The molecule has 1 aromatic carbocycles. The number of nitrogens with zero attached hydrogens (tertiary/aromatic N) is 2. The predicted molar refractivity (Wildman–Crippen MR) is 89.6 cm³/mol. The average Bonchev–Trinajstić information content (AvgIpc) is 3.33. The Morgan fingerprint density at radius 2 is 1.91 bits per heavy atom. The lowest BCUT2D eigenvalue weighted by molar-refractivity contribution is -0.140. The van der Waals surface area contributed by atoms with Crippen LogP contribution in [0.1, 0.15) is 30.9 Å². The number of likely N-dealkylation sites (N-methyl/N-ethyl adjacent to an activating group) is 2. The van der Waals surface area contributed by atoms with E-state index in [-0.39, 0.29) is 18.4 Å². The molecule has 0 atom stereocenters. The summed E-state index contributed by atoms with van der Waals surface area (Å²) in [5.74, 6) is 0.785. The topological polar surface area (TPSA) is 49.9 Å². The minimum Gasteiger partial charge on any atom is -0.496 e. The summed E-state index contributed by atoms with van der Waals surface area (Å²) in [5, 5.41) is 0. The van der Waals surface area contributed by atoms with Gasteiger partial charge >= 0.3 is 0 Å². The molecule has 5 heteroatoms. The smallest absolute Gasteiger partial charge is 0.241 e. The minimum absolute atomic E-state index is 0.0427. The van der Waals surface area contributed by atoms with E-state index in [1.807, 2.05) is 32.0 Å². The van der Waals surface area contributed by atoms with Crippen LogP contribution in [0, 0.1) is 6.92 Å². The van der Waals surface area contributed by atoms with E-state index in [9.17, 15) is 9.59 Å². The number of carbonyl (C=O) groups is 2. The molecule has 0 aromatic heterocycles. The lowest BCUT2D eigenvalue weighted by Gasteiger charge is -2.27. The Morgan fingerprint density at radius 3 is 2.39 bits per heavy atom. The first-order valence-electron chi connectivity index (χ1n) is 8.00. The zero-order chi connectivity index (χ0) is 17.2. The molecule has 0 saturated heterocycles. The van der Waals surface area contributed by atoms with Crippen LogP contribution in [0.3, 0.4) is 0 Å². The van der Waals surface area contributed by atoms with E-state index in [1.165, 1.54) is 4.90 Å². The predicted octanol–water partition coefficient (Wildman–Crippen LogP) is 1.97. The minimum atomic E-state index is -0.483. The van der Waals surface area contributed by atoms with E-state index in [2.05, 4.69) is 0 Å². The third-order valence-corrected chi connectivity index (χ3v) is 4.61. The van der Waals surface area contributed by atoms with Gasteiger partial charge in [-0.3, -0.25) is 9.59 Å². The number of rotatable bonds is 6. The second kappa shape index (κ2) is 6.60. The maximum absolute atomic E-state index is 13.0. The Labute approximate surface area is 138 Å². The Morgan fingerprint density at radius 1 is 1.26 bits per heavy atom. The molecule has 23 heavy (non-hydrogen) atoms. The van der Waals surface area contributed by atoms with E-state index < -0.39 is 5.41 Å². The largest absolute Gasteiger partial charge is 0.496 e. The molecule has 0 aliphatic heterocycles. The number of carbonyl (C=O) groups excluding carboxylic acids is 2. The standard InChI is InChI=1S/C18H26N2O3/c1-6-20(12-16(21)19(3)4)17(22)18(9-10-18)14-8-7-13(2)15(11-14)23-5/h7-8,11H,6,9-10,12H2,1-5H3. The number of benzene rings is 1. The van der Waals surface area contributed by atoms with E-state index >= 15 is 0 Å². The lowest BCUT2D eigenvalue weighted by Crippen LogP contribution is -2.44. The second-order valence-electron chi connectivity index (χ2n) is 6.37. The van der Waals surface area contributed by atoms with Crippen molar-refractivity contribution in [3.8, 4) is 5.75 Å². The van der Waals surface area contributed by atoms with Gasteiger partial charge in [-0.2, -0.15) is 0 Å². The monoisotopic (exact) mass is 318 g/mol. The van der Waals surface area contributed by atoms with Gasteiger partial charge in [0.25, 0.3) is 0 Å². The van der Waals surface area contributed by atoms with Crippen molar-refractivity contribution in [3.05, 3.63) is 29.3 Å². The summed E-state index contributed by atoms with van der Waals surface area (Å²) in [5.41, 5.74) is 1.55. The zero-order valence-corrected chi connectivity index (χ0v) is 14.7. The number of ether oxygens (including phenoxy) is 1. The Balaban J connectivity index is 2.25. The number of aryl methyl sites for hydroxylation is 1. The number of hydrogen-bond acceptors (Lipinski definition) is 3. The highest BCUT2D eigenvalue weighted by molar-refractivity contribution is 5.94. The molecule has 0 N–H and O–H groups in total. The molecule has 1 aliphatic rings. The van der Waals surface area contributed by atoms with Crippen LogP contribution in [-0.2, 0) is 15.0 Å². The summed E-state index contributed by atoms with van der Waals surface area (Å²) in [6.07, 6.45) is 1.65. The summed E-state index contributed by atoms with van der Waals surface area (Å²) in [6.45, 7) is 4.56. The van der Waals surface area contributed by atoms with Crippen molar-refractivity contribution in [1.82, 2.24) is 9.80 Å². The van der Waals surface area contributed by atoms with Crippen molar-refractivity contribution in [3.63, 3.8) is 0 Å². The van der Waals surface area contributed by atoms with Gasteiger partial charge in [0.05, 0.1) is 19.1 Å². The number of hydrogen-bond donors (Lipinski definition) is 0. The van der Waals surface area contributed by atoms with Crippen molar-refractivity contribution in [1.29, 1.82) is 0 Å². The maximum Gasteiger partial charge on any atom is 0.241 e. The van der Waals surface area contributed by atoms with Gasteiger partial charge < -0.3 is 14.5 Å². The van der Waals surface area contributed by atoms with Crippen molar-refractivity contribution in [2.45, 2.75) is 32.1 Å². The van der Waals surface area contributed by atoms with Crippen LogP contribution in [-0.4, -0.2) is 55.9 Å². The lowest BCUT2D eigenvalue weighted by atomic mass is 9.93. The third-order valence-electron chi connectivity index (χ3n) is 4.61. The Bertz CT molecular complexity index is 606. The van der Waals surface area contributed by atoms with Crippen LogP contribution in [0.2, 0.25) is 0 Å². The molecule has 1 aliphatic carbocycles. The molecular weight excluding hydrogens is 292 g/mol. The normalized spacial score (nSPS) is 15.0. The SMILES string of the molecule is CCN(CC(=O)N(C)C)C(=O)C1(c2ccc(C)c(OC)c2)CC1. The molecule has 1 saturated carbocycles. The number of amides is 2. The average molecular weight is 318 g/mol. The highest BCUT2D eigenvalue weighted by Crippen LogP contribution is 2.50. The summed E-state index contributed by atoms with van der Waals surface area (Å²) >= 11 is 0. The van der Waals surface area contributed by atoms with Crippen LogP contribution in [0.15, 0.2) is 18.2 Å². The van der Waals surface area contributed by atoms with Crippen molar-refractivity contribution in [2.24, 2.45) is 0 Å². The zero-order valence-electron chi connectivity index (χ0n) is 14.7. The molecule has 0 spiro atoms. The van der Waals surface area contributed by atoms with Crippen molar-refractivity contribution >= 4 is 11.8 Å². The van der Waals surface area contributed by atoms with Gasteiger partial charge in [-0.1, -0.05) is 12.1 Å². The van der Waals surface area contributed by atoms with Gasteiger partial charge in [0.1, 0.15) is 5.75 Å². The summed E-state index contributed by atoms with van der Waals surface area (Å²) in [7, 11) is 5.05. The molecule has 0 heterocycles. The van der Waals surface area contributed by atoms with Gasteiger partial charge in [-0.05, 0) is 43.9 Å².